The number of hydrogen-bond acceptors (Lipinski definition) is 4. The molecule has 1 amide bonds. The van der Waals surface area contributed by atoms with Crippen molar-refractivity contribution >= 4 is 5.91 Å². The van der Waals surface area contributed by atoms with E-state index in [0.717, 1.165) is 11.3 Å². The molecule has 0 fully saturated rings. The minimum atomic E-state index is -0.382. The number of carbonyl (C=O) groups is 1. The lowest BCUT2D eigenvalue weighted by atomic mass is 9.99. The zero-order valence-electron chi connectivity index (χ0n) is 14.1. The molecule has 24 heavy (non-hydrogen) atoms. The van der Waals surface area contributed by atoms with Gasteiger partial charge >= 0.3 is 0 Å². The summed E-state index contributed by atoms with van der Waals surface area (Å²) in [6.07, 6.45) is 3.01. The predicted molar refractivity (Wildman–Crippen MR) is 89.6 cm³/mol. The van der Waals surface area contributed by atoms with Crippen molar-refractivity contribution in [3.05, 3.63) is 56.9 Å². The van der Waals surface area contributed by atoms with E-state index in [4.69, 9.17) is 9.68 Å². The molecule has 126 valence electrons. The number of nitrogens with zero attached hydrogens (tertiary/aromatic N) is 1. The lowest BCUT2D eigenvalue weighted by Crippen LogP contribution is -2.34. The Labute approximate surface area is 140 Å². The third-order valence-electron chi connectivity index (χ3n) is 4.02. The van der Waals surface area contributed by atoms with Crippen LogP contribution in [0.2, 0.25) is 0 Å². The highest BCUT2D eigenvalue weighted by molar-refractivity contribution is 5.76. The molecule has 1 atom stereocenters. The zero-order valence-corrected chi connectivity index (χ0v) is 14.1. The predicted octanol–water partition coefficient (Wildman–Crippen LogP) is 2.14. The van der Waals surface area contributed by atoms with Crippen molar-refractivity contribution in [2.45, 2.75) is 46.1 Å². The van der Waals surface area contributed by atoms with E-state index in [9.17, 15) is 9.59 Å². The second-order valence-electron chi connectivity index (χ2n) is 5.92. The summed E-state index contributed by atoms with van der Waals surface area (Å²) >= 11 is 0. The van der Waals surface area contributed by atoms with Gasteiger partial charge < -0.3 is 14.7 Å². The number of nitrogens with one attached hydrogen (secondary N) is 2. The van der Waals surface area contributed by atoms with Gasteiger partial charge in [-0.05, 0) is 50.5 Å². The fraction of sp³-hybridized carbons (Fsp3) is 0.389. The molecule has 0 radical (unpaired) electrons. The maximum Gasteiger partial charge on any atom is 0.266 e. The van der Waals surface area contributed by atoms with Crippen molar-refractivity contribution in [2.75, 3.05) is 0 Å². The maximum atomic E-state index is 12.1. The summed E-state index contributed by atoms with van der Waals surface area (Å²) in [7, 11) is 0. The largest absolute Gasteiger partial charge is 0.469 e. The lowest BCUT2D eigenvalue weighted by Gasteiger charge is -2.14. The lowest BCUT2D eigenvalue weighted by molar-refractivity contribution is -0.121. The summed E-state index contributed by atoms with van der Waals surface area (Å²) in [6, 6.07) is 5.58. The number of H-pyrrole nitrogens is 1. The first kappa shape index (κ1) is 17.5. The van der Waals surface area contributed by atoms with Gasteiger partial charge in [-0.3, -0.25) is 9.59 Å². The van der Waals surface area contributed by atoms with Gasteiger partial charge in [-0.15, -0.1) is 0 Å². The number of aromatic nitrogens is 1. The van der Waals surface area contributed by atoms with Crippen LogP contribution in [-0.2, 0) is 17.6 Å². The quantitative estimate of drug-likeness (QED) is 0.849. The average molecular weight is 327 g/mol. The Morgan fingerprint density at radius 3 is 2.83 bits per heavy atom. The van der Waals surface area contributed by atoms with E-state index in [1.165, 1.54) is 0 Å². The van der Waals surface area contributed by atoms with Gasteiger partial charge in [-0.2, -0.15) is 5.26 Å². The molecule has 2 rings (SSSR count). The van der Waals surface area contributed by atoms with Crippen molar-refractivity contribution in [3.63, 3.8) is 0 Å². The van der Waals surface area contributed by atoms with Gasteiger partial charge in [-0.1, -0.05) is 0 Å². The van der Waals surface area contributed by atoms with Gasteiger partial charge in [0.15, 0.2) is 0 Å². The molecule has 0 spiro atoms. The molecule has 0 bridgehead atoms. The first-order valence-electron chi connectivity index (χ1n) is 7.86. The molecular weight excluding hydrogens is 306 g/mol. The molecule has 0 saturated carbocycles. The summed E-state index contributed by atoms with van der Waals surface area (Å²) in [5, 5.41) is 12.0. The van der Waals surface area contributed by atoms with Gasteiger partial charge in [0.05, 0.1) is 6.26 Å². The summed E-state index contributed by atoms with van der Waals surface area (Å²) in [6.45, 7) is 5.45. The van der Waals surface area contributed by atoms with Gasteiger partial charge in [0.1, 0.15) is 17.4 Å². The molecule has 0 aromatic carbocycles. The Kier molecular flexibility index (Phi) is 5.59. The van der Waals surface area contributed by atoms with E-state index in [1.807, 2.05) is 25.1 Å². The molecule has 2 aromatic rings. The Morgan fingerprint density at radius 1 is 1.46 bits per heavy atom. The van der Waals surface area contributed by atoms with Gasteiger partial charge in [0.2, 0.25) is 5.91 Å². The first-order chi connectivity index (χ1) is 11.4. The number of pyridine rings is 1. The Bertz CT molecular complexity index is 813. The summed E-state index contributed by atoms with van der Waals surface area (Å²) in [4.78, 5) is 26.5. The third kappa shape index (κ3) is 4.13. The van der Waals surface area contributed by atoms with Crippen molar-refractivity contribution in [1.82, 2.24) is 10.3 Å². The van der Waals surface area contributed by atoms with Crippen molar-refractivity contribution in [1.29, 1.82) is 5.26 Å². The van der Waals surface area contributed by atoms with Crippen LogP contribution >= 0.6 is 0 Å². The number of aryl methyl sites for hydroxylation is 1. The number of furan rings is 1. The topological polar surface area (TPSA) is 98.9 Å². The van der Waals surface area contributed by atoms with Crippen LogP contribution in [0, 0.1) is 25.2 Å². The normalized spacial score (nSPS) is 11.8. The second kappa shape index (κ2) is 7.64. The van der Waals surface area contributed by atoms with Gasteiger partial charge in [0, 0.05) is 24.6 Å². The van der Waals surface area contributed by atoms with E-state index in [-0.39, 0.29) is 23.1 Å². The number of amides is 1. The molecule has 2 heterocycles. The highest BCUT2D eigenvalue weighted by Crippen LogP contribution is 2.15. The van der Waals surface area contributed by atoms with E-state index in [2.05, 4.69) is 10.3 Å². The smallest absolute Gasteiger partial charge is 0.266 e. The maximum absolute atomic E-state index is 12.1. The molecule has 6 nitrogen and oxygen atoms in total. The van der Waals surface area contributed by atoms with Crippen LogP contribution in [0.25, 0.3) is 0 Å². The van der Waals surface area contributed by atoms with Crippen LogP contribution in [0.15, 0.2) is 27.6 Å². The minimum absolute atomic E-state index is 0.0314. The summed E-state index contributed by atoms with van der Waals surface area (Å²) < 4.78 is 5.27. The van der Waals surface area contributed by atoms with Crippen molar-refractivity contribution in [3.8, 4) is 6.07 Å². The molecule has 0 aliphatic carbocycles. The SMILES string of the molecule is Cc1[nH]c(=O)c(C#N)c(C)c1CCC(=O)N[C@H](C)Cc1ccco1. The van der Waals surface area contributed by atoms with E-state index in [0.29, 0.717) is 30.5 Å². The number of hydrogen-bond donors (Lipinski definition) is 2. The Hall–Kier alpha value is -2.81. The van der Waals surface area contributed by atoms with E-state index < -0.39 is 0 Å². The molecule has 2 N–H and O–H groups in total. The number of aromatic amines is 1. The van der Waals surface area contributed by atoms with E-state index in [1.54, 1.807) is 20.1 Å². The molecule has 0 saturated heterocycles. The zero-order chi connectivity index (χ0) is 17.7. The monoisotopic (exact) mass is 327 g/mol. The standard InChI is InChI=1S/C18H21N3O3/c1-11(9-14-5-4-8-24-14)20-17(22)7-6-15-12(2)16(10-19)18(23)21-13(15)3/h4-5,8,11H,6-7,9H2,1-3H3,(H,20,22)(H,21,23)/t11-/m1/s1. The first-order valence-corrected chi connectivity index (χ1v) is 7.86. The van der Waals surface area contributed by atoms with Crippen LogP contribution in [0.5, 0.6) is 0 Å². The summed E-state index contributed by atoms with van der Waals surface area (Å²) in [5.74, 6) is 0.756. The van der Waals surface area contributed by atoms with Gasteiger partial charge in [-0.25, -0.2) is 0 Å². The van der Waals surface area contributed by atoms with Crippen LogP contribution in [0.3, 0.4) is 0 Å². The Balaban J connectivity index is 1.97. The number of carbonyl (C=O) groups excluding carboxylic acids is 1. The van der Waals surface area contributed by atoms with E-state index >= 15 is 0 Å². The third-order valence-corrected chi connectivity index (χ3v) is 4.02. The Morgan fingerprint density at radius 2 is 2.21 bits per heavy atom. The fourth-order valence-electron chi connectivity index (χ4n) is 2.79. The molecule has 0 aliphatic heterocycles. The average Bonchev–Trinajstić information content (AvgIpc) is 2.99. The second-order valence-corrected chi connectivity index (χ2v) is 5.92. The van der Waals surface area contributed by atoms with Crippen LogP contribution in [0.4, 0.5) is 0 Å². The summed E-state index contributed by atoms with van der Waals surface area (Å²) in [5.41, 5.74) is 1.93. The van der Waals surface area contributed by atoms with Crippen LogP contribution in [0.1, 0.15) is 41.5 Å². The van der Waals surface area contributed by atoms with Crippen molar-refractivity contribution in [2.24, 2.45) is 0 Å². The molecule has 6 heteroatoms. The highest BCUT2D eigenvalue weighted by Gasteiger charge is 2.14. The number of nitriles is 1. The fourth-order valence-corrected chi connectivity index (χ4v) is 2.79. The molecule has 0 unspecified atom stereocenters. The minimum Gasteiger partial charge on any atom is -0.469 e. The van der Waals surface area contributed by atoms with Crippen LogP contribution < -0.4 is 10.9 Å². The molecular formula is C18H21N3O3. The molecule has 0 aliphatic rings. The highest BCUT2D eigenvalue weighted by atomic mass is 16.3. The molecule has 2 aromatic heterocycles. The number of rotatable bonds is 6. The van der Waals surface area contributed by atoms with Crippen molar-refractivity contribution < 1.29 is 9.21 Å². The van der Waals surface area contributed by atoms with Gasteiger partial charge in [0.25, 0.3) is 5.56 Å². The van der Waals surface area contributed by atoms with Crippen LogP contribution in [-0.4, -0.2) is 16.9 Å².